The van der Waals surface area contributed by atoms with Crippen molar-refractivity contribution in [3.05, 3.63) is 0 Å². The number of rotatable bonds is 85. The van der Waals surface area contributed by atoms with Gasteiger partial charge in [0.05, 0.1) is 26.4 Å². The van der Waals surface area contributed by atoms with E-state index in [1.54, 1.807) is 0 Å². The molecule has 0 aliphatic rings. The number of carbonyl (C=O) groups excluding carboxylic acids is 4. The van der Waals surface area contributed by atoms with Gasteiger partial charge in [-0.05, 0) is 49.4 Å². The van der Waals surface area contributed by atoms with Crippen LogP contribution in [0.25, 0.3) is 0 Å². The highest BCUT2D eigenvalue weighted by Crippen LogP contribution is 2.45. The van der Waals surface area contributed by atoms with E-state index in [2.05, 4.69) is 55.4 Å². The van der Waals surface area contributed by atoms with Crippen molar-refractivity contribution in [3.63, 3.8) is 0 Å². The summed E-state index contributed by atoms with van der Waals surface area (Å²) in [6.07, 6.45) is 66.7. The Kier molecular flexibility index (Phi) is 75.3. The highest BCUT2D eigenvalue weighted by molar-refractivity contribution is 7.47. The van der Waals surface area contributed by atoms with E-state index in [4.69, 9.17) is 37.0 Å². The van der Waals surface area contributed by atoms with Gasteiger partial charge in [0.15, 0.2) is 12.2 Å². The van der Waals surface area contributed by atoms with Gasteiger partial charge in [0, 0.05) is 25.7 Å². The van der Waals surface area contributed by atoms with Gasteiger partial charge in [-0.25, -0.2) is 9.13 Å². The summed E-state index contributed by atoms with van der Waals surface area (Å²) in [6, 6.07) is 0. The van der Waals surface area contributed by atoms with Gasteiger partial charge in [0.2, 0.25) is 0 Å². The molecule has 0 aliphatic carbocycles. The Balaban J connectivity index is 5.24. The van der Waals surface area contributed by atoms with E-state index < -0.39 is 97.5 Å². The number of hydrogen-bond donors (Lipinski definition) is 3. The van der Waals surface area contributed by atoms with Crippen molar-refractivity contribution in [1.82, 2.24) is 0 Å². The Morgan fingerprint density at radius 1 is 0.234 bits per heavy atom. The molecular formula is C88H172O17P2. The molecule has 2 unspecified atom stereocenters. The predicted molar refractivity (Wildman–Crippen MR) is 441 cm³/mol. The van der Waals surface area contributed by atoms with Crippen LogP contribution in [-0.2, 0) is 65.4 Å². The molecule has 636 valence electrons. The van der Waals surface area contributed by atoms with E-state index in [0.29, 0.717) is 25.7 Å². The molecular weight excluding hydrogens is 1390 g/mol. The van der Waals surface area contributed by atoms with Crippen molar-refractivity contribution in [2.75, 3.05) is 39.6 Å². The van der Waals surface area contributed by atoms with Gasteiger partial charge in [-0.1, -0.05) is 409 Å². The monoisotopic (exact) mass is 1560 g/mol. The molecule has 5 atom stereocenters. The lowest BCUT2D eigenvalue weighted by Crippen LogP contribution is -2.30. The molecule has 0 spiro atoms. The average molecular weight is 1560 g/mol. The van der Waals surface area contributed by atoms with Gasteiger partial charge in [-0.3, -0.25) is 37.3 Å². The third-order valence-corrected chi connectivity index (χ3v) is 22.5. The number of esters is 4. The number of carbonyl (C=O) groups is 4. The lowest BCUT2D eigenvalue weighted by molar-refractivity contribution is -0.161. The summed E-state index contributed by atoms with van der Waals surface area (Å²) in [5.74, 6) is 1.04. The average Bonchev–Trinajstić information content (AvgIpc) is 0.901. The summed E-state index contributed by atoms with van der Waals surface area (Å²) in [4.78, 5) is 73.3. The molecule has 17 nitrogen and oxygen atoms in total. The molecule has 0 saturated heterocycles. The second-order valence-electron chi connectivity index (χ2n) is 33.5. The number of unbranched alkanes of at least 4 members (excludes halogenated alkanes) is 51. The van der Waals surface area contributed by atoms with E-state index in [1.807, 2.05) is 0 Å². The van der Waals surface area contributed by atoms with Crippen molar-refractivity contribution in [2.24, 2.45) is 23.7 Å². The van der Waals surface area contributed by atoms with E-state index in [0.717, 1.165) is 114 Å². The van der Waals surface area contributed by atoms with Gasteiger partial charge >= 0.3 is 39.5 Å². The zero-order valence-corrected chi connectivity index (χ0v) is 72.6. The number of hydrogen-bond acceptors (Lipinski definition) is 15. The maximum atomic E-state index is 13.2. The molecule has 0 saturated carbocycles. The summed E-state index contributed by atoms with van der Waals surface area (Å²) < 4.78 is 69.0. The first kappa shape index (κ1) is 105. The minimum Gasteiger partial charge on any atom is -0.462 e. The summed E-state index contributed by atoms with van der Waals surface area (Å²) >= 11 is 0. The second kappa shape index (κ2) is 76.7. The molecule has 0 bridgehead atoms. The minimum absolute atomic E-state index is 0.107. The number of phosphoric ester groups is 2. The Bertz CT molecular complexity index is 2080. The van der Waals surface area contributed by atoms with Crippen LogP contribution in [0.15, 0.2) is 0 Å². The highest BCUT2D eigenvalue weighted by Gasteiger charge is 2.31. The Morgan fingerprint density at radius 3 is 0.579 bits per heavy atom. The van der Waals surface area contributed by atoms with E-state index in [1.165, 1.54) is 263 Å². The largest absolute Gasteiger partial charge is 0.472 e. The molecule has 107 heavy (non-hydrogen) atoms. The quantitative estimate of drug-likeness (QED) is 0.0222. The van der Waals surface area contributed by atoms with Crippen LogP contribution in [0.2, 0.25) is 0 Å². The number of aliphatic hydroxyl groups is 1. The van der Waals surface area contributed by atoms with Crippen LogP contribution in [0.1, 0.15) is 460 Å². The standard InChI is InChI=1S/C88H172O17P2/c1-78(2)64-56-48-40-32-26-20-15-11-9-10-12-18-24-30-36-46-54-62-70-87(92)104-83(74-98-85(90)68-60-52-44-35-29-23-17-14-13-16-21-27-33-41-49-57-65-79(3)4)76-102-106(94,95)100-72-82(89)73-101-107(96,97)103-77-84(75-99-86(91)69-61-53-45-39-38-43-51-59-67-81(7)8)105-88(93)71-63-55-47-37-31-25-19-22-28-34-42-50-58-66-80(5)6/h78-84,89H,9-77H2,1-8H3,(H,94,95)(H,96,97)/t82-,83-,84-/m1/s1. The smallest absolute Gasteiger partial charge is 0.462 e. The third-order valence-electron chi connectivity index (χ3n) is 20.6. The molecule has 0 amide bonds. The Labute approximate surface area is 658 Å². The molecule has 19 heteroatoms. The molecule has 0 heterocycles. The summed E-state index contributed by atoms with van der Waals surface area (Å²) in [5.41, 5.74) is 0. The third kappa shape index (κ3) is 81.9. The maximum absolute atomic E-state index is 13.2. The Hall–Kier alpha value is -1.94. The van der Waals surface area contributed by atoms with Crippen molar-refractivity contribution < 1.29 is 80.2 Å². The molecule has 0 fully saturated rings. The number of aliphatic hydroxyl groups excluding tert-OH is 1. The fourth-order valence-electron chi connectivity index (χ4n) is 13.7. The van der Waals surface area contributed by atoms with Gasteiger partial charge < -0.3 is 33.8 Å². The first-order chi connectivity index (χ1) is 51.6. The van der Waals surface area contributed by atoms with Crippen LogP contribution >= 0.6 is 15.6 Å². The van der Waals surface area contributed by atoms with Crippen LogP contribution in [-0.4, -0.2) is 96.7 Å². The van der Waals surface area contributed by atoms with E-state index in [9.17, 15) is 43.2 Å². The highest BCUT2D eigenvalue weighted by atomic mass is 31.2. The fraction of sp³-hybridized carbons (Fsp3) is 0.955. The van der Waals surface area contributed by atoms with Crippen LogP contribution in [0.3, 0.4) is 0 Å². The van der Waals surface area contributed by atoms with Gasteiger partial charge in [0.1, 0.15) is 19.3 Å². The van der Waals surface area contributed by atoms with Crippen LogP contribution in [0.5, 0.6) is 0 Å². The molecule has 0 aromatic heterocycles. The zero-order chi connectivity index (χ0) is 78.8. The molecule has 0 rings (SSSR count). The van der Waals surface area contributed by atoms with Gasteiger partial charge in [0.25, 0.3) is 0 Å². The second-order valence-corrected chi connectivity index (χ2v) is 36.4. The van der Waals surface area contributed by atoms with Gasteiger partial charge in [-0.15, -0.1) is 0 Å². The first-order valence-corrected chi connectivity index (χ1v) is 48.2. The summed E-state index contributed by atoms with van der Waals surface area (Å²) in [7, 11) is -9.93. The topological polar surface area (TPSA) is 237 Å². The molecule has 0 aliphatic heterocycles. The molecule has 3 N–H and O–H groups in total. The summed E-state index contributed by atoms with van der Waals surface area (Å²) in [6.45, 7) is 14.3. The lowest BCUT2D eigenvalue weighted by Gasteiger charge is -2.21. The fourth-order valence-corrected chi connectivity index (χ4v) is 15.3. The van der Waals surface area contributed by atoms with Gasteiger partial charge in [-0.2, -0.15) is 0 Å². The van der Waals surface area contributed by atoms with Crippen molar-refractivity contribution in [1.29, 1.82) is 0 Å². The van der Waals surface area contributed by atoms with Crippen molar-refractivity contribution in [2.45, 2.75) is 478 Å². The number of ether oxygens (including phenoxy) is 4. The maximum Gasteiger partial charge on any atom is 0.472 e. The summed E-state index contributed by atoms with van der Waals surface area (Å²) in [5, 5.41) is 10.7. The predicted octanol–water partition coefficient (Wildman–Crippen LogP) is 26.7. The molecule has 0 aromatic rings. The normalized spacial score (nSPS) is 13.9. The van der Waals surface area contributed by atoms with E-state index >= 15 is 0 Å². The minimum atomic E-state index is -4.97. The van der Waals surface area contributed by atoms with Crippen LogP contribution in [0.4, 0.5) is 0 Å². The zero-order valence-electron chi connectivity index (χ0n) is 70.8. The SMILES string of the molecule is CC(C)CCCCCCCCCCCCCCCCCCCCC(=O)O[C@H](COC(=O)CCCCCCCCCCCCCCCCCCC(C)C)COP(=O)(O)OC[C@@H](O)COP(=O)(O)OC[C@@H](COC(=O)CCCCCCCCCCC(C)C)OC(=O)CCCCCCCCCCCCCCCC(C)C. The van der Waals surface area contributed by atoms with E-state index in [-0.39, 0.29) is 25.7 Å². The molecule has 0 radical (unpaired) electrons. The lowest BCUT2D eigenvalue weighted by atomic mass is 10.0. The number of phosphoric acid groups is 2. The van der Waals surface area contributed by atoms with Crippen LogP contribution in [0, 0.1) is 23.7 Å². The van der Waals surface area contributed by atoms with Crippen molar-refractivity contribution in [3.8, 4) is 0 Å². The van der Waals surface area contributed by atoms with Crippen LogP contribution < -0.4 is 0 Å². The first-order valence-electron chi connectivity index (χ1n) is 45.2. The van der Waals surface area contributed by atoms with Crippen molar-refractivity contribution >= 4 is 39.5 Å². The Morgan fingerprint density at radius 2 is 0.393 bits per heavy atom. The molecule has 0 aromatic carbocycles.